The van der Waals surface area contributed by atoms with Crippen molar-refractivity contribution in [2.45, 2.75) is 70.4 Å². The van der Waals surface area contributed by atoms with Crippen LogP contribution in [-0.4, -0.2) is 39.3 Å². The third-order valence-electron chi connectivity index (χ3n) is 6.57. The second kappa shape index (κ2) is 8.16. The quantitative estimate of drug-likeness (QED) is 0.530. The van der Waals surface area contributed by atoms with Crippen LogP contribution in [0.5, 0.6) is 5.88 Å². The van der Waals surface area contributed by atoms with E-state index in [4.69, 9.17) is 15.2 Å². The lowest BCUT2D eigenvalue weighted by Crippen LogP contribution is -2.35. The number of cyclic esters (lactones) is 1. The Morgan fingerprint density at radius 2 is 1.91 bits per heavy atom. The van der Waals surface area contributed by atoms with Gasteiger partial charge in [0.2, 0.25) is 5.88 Å². The predicted octanol–water partition coefficient (Wildman–Crippen LogP) is 4.50. The molecular weight excluding hydrogens is 437 g/mol. The number of esters is 1. The van der Waals surface area contributed by atoms with Crippen molar-refractivity contribution >= 4 is 28.4 Å². The number of hydrogen-bond acceptors (Lipinski definition) is 8. The monoisotopic (exact) mass is 465 g/mol. The fourth-order valence-electron chi connectivity index (χ4n) is 4.29. The van der Waals surface area contributed by atoms with E-state index < -0.39 is 11.7 Å². The van der Waals surface area contributed by atoms with Crippen LogP contribution in [0.15, 0.2) is 30.6 Å². The van der Waals surface area contributed by atoms with Crippen LogP contribution in [-0.2, 0) is 10.3 Å². The number of anilines is 2. The molecule has 0 amide bonds. The van der Waals surface area contributed by atoms with Gasteiger partial charge >= 0.3 is 5.97 Å². The van der Waals surface area contributed by atoms with Gasteiger partial charge in [0.05, 0.1) is 16.6 Å². The first-order valence-corrected chi connectivity index (χ1v) is 11.5. The number of pyridine rings is 3. The van der Waals surface area contributed by atoms with Crippen LogP contribution >= 0.6 is 0 Å². The Hall–Kier alpha value is -3.33. The van der Waals surface area contributed by atoms with Crippen molar-refractivity contribution in [2.75, 3.05) is 5.32 Å². The summed E-state index contributed by atoms with van der Waals surface area (Å²) in [6, 6.07) is 5.33. The summed E-state index contributed by atoms with van der Waals surface area (Å²) < 4.78 is 24.6. The van der Waals surface area contributed by atoms with E-state index in [1.807, 2.05) is 33.8 Å². The Kier molecular flexibility index (Phi) is 5.39. The molecule has 3 aromatic rings. The summed E-state index contributed by atoms with van der Waals surface area (Å²) in [7, 11) is 0. The average molecular weight is 466 g/mol. The number of nitrogens with zero attached hydrogens (tertiary/aromatic N) is 3. The van der Waals surface area contributed by atoms with Crippen molar-refractivity contribution in [1.29, 1.82) is 0 Å². The van der Waals surface area contributed by atoms with Crippen molar-refractivity contribution in [2.24, 2.45) is 5.73 Å². The van der Waals surface area contributed by atoms with E-state index in [-0.39, 0.29) is 24.1 Å². The smallest absolute Gasteiger partial charge is 0.340 e. The van der Waals surface area contributed by atoms with Crippen LogP contribution in [0.3, 0.4) is 0 Å². The van der Waals surface area contributed by atoms with Gasteiger partial charge in [0.1, 0.15) is 30.0 Å². The summed E-state index contributed by atoms with van der Waals surface area (Å²) >= 11 is 0. The first-order chi connectivity index (χ1) is 16.1. The molecule has 1 saturated carbocycles. The number of nitrogens with one attached hydrogen (secondary N) is 1. The zero-order chi connectivity index (χ0) is 24.2. The fourth-order valence-corrected chi connectivity index (χ4v) is 4.29. The number of ether oxygens (including phenoxy) is 2. The number of fused-ring (bicyclic) bond motifs is 2. The Morgan fingerprint density at radius 3 is 2.62 bits per heavy atom. The zero-order valence-corrected chi connectivity index (χ0v) is 19.6. The van der Waals surface area contributed by atoms with Gasteiger partial charge in [-0.2, -0.15) is 0 Å². The highest BCUT2D eigenvalue weighted by atomic mass is 19.1. The maximum atomic E-state index is 13.3. The topological polar surface area (TPSA) is 112 Å². The van der Waals surface area contributed by atoms with Crippen LogP contribution in [0.25, 0.3) is 10.8 Å². The molecule has 0 unspecified atom stereocenters. The van der Waals surface area contributed by atoms with E-state index in [1.165, 1.54) is 0 Å². The molecule has 8 nitrogen and oxygen atoms in total. The van der Waals surface area contributed by atoms with Crippen molar-refractivity contribution in [1.82, 2.24) is 15.0 Å². The van der Waals surface area contributed by atoms with E-state index in [0.29, 0.717) is 47.0 Å². The van der Waals surface area contributed by atoms with Gasteiger partial charge in [0.15, 0.2) is 0 Å². The molecule has 3 aromatic heterocycles. The summed E-state index contributed by atoms with van der Waals surface area (Å²) in [6.45, 7) is 7.66. The molecule has 0 radical (unpaired) electrons. The number of nitrogens with two attached hydrogens (primary N) is 1. The minimum absolute atomic E-state index is 0.0233. The number of alkyl halides is 1. The van der Waals surface area contributed by atoms with Gasteiger partial charge in [-0.3, -0.25) is 0 Å². The predicted molar refractivity (Wildman–Crippen MR) is 126 cm³/mol. The van der Waals surface area contributed by atoms with E-state index in [0.717, 1.165) is 10.9 Å². The van der Waals surface area contributed by atoms with Crippen LogP contribution in [0, 0.1) is 0 Å². The number of hydrogen-bond donors (Lipinski definition) is 2. The number of halogens is 1. The maximum Gasteiger partial charge on any atom is 0.340 e. The molecule has 1 aliphatic carbocycles. The Bertz CT molecular complexity index is 1270. The Balaban J connectivity index is 1.50. The molecule has 34 heavy (non-hydrogen) atoms. The van der Waals surface area contributed by atoms with E-state index in [1.54, 1.807) is 24.5 Å². The third-order valence-corrected chi connectivity index (χ3v) is 6.57. The van der Waals surface area contributed by atoms with Gasteiger partial charge in [-0.15, -0.1) is 0 Å². The molecule has 2 aliphatic rings. The van der Waals surface area contributed by atoms with Crippen LogP contribution in [0.4, 0.5) is 16.0 Å². The van der Waals surface area contributed by atoms with Gasteiger partial charge in [-0.25, -0.2) is 24.1 Å². The summed E-state index contributed by atoms with van der Waals surface area (Å²) in [4.78, 5) is 25.9. The molecule has 9 heteroatoms. The van der Waals surface area contributed by atoms with Crippen molar-refractivity contribution in [3.8, 4) is 5.88 Å². The lowest BCUT2D eigenvalue weighted by atomic mass is 9.92. The lowest BCUT2D eigenvalue weighted by molar-refractivity contribution is 0.0235. The molecule has 2 atom stereocenters. The summed E-state index contributed by atoms with van der Waals surface area (Å²) in [5, 5.41) is 4.80. The van der Waals surface area contributed by atoms with Crippen molar-refractivity contribution in [3.63, 3.8) is 0 Å². The fraction of sp³-hybridized carbons (Fsp3) is 0.440. The number of carbonyl (C=O) groups is 1. The standard InChI is InChI=1S/C25H28FN5O3/c1-12-13(2)33-24(32)16-5-6-20(31-22(12)16)30-21-9-17-18(10-28-21)23(34-15-7-14(26)8-15)29-11-19(17)25(3,4)27/h5-6,9-15H,7-8,27H2,1-4H3,(H,28,30,31)/t12-,13-,14-,15+/m0/s1. The minimum atomic E-state index is -0.816. The summed E-state index contributed by atoms with van der Waals surface area (Å²) in [5.41, 5.74) is 7.78. The number of carbonyl (C=O) groups excluding carboxylic acids is 1. The largest absolute Gasteiger partial charge is 0.474 e. The van der Waals surface area contributed by atoms with Gasteiger partial charge in [0.25, 0.3) is 0 Å². The highest BCUT2D eigenvalue weighted by Crippen LogP contribution is 2.36. The van der Waals surface area contributed by atoms with Crippen LogP contribution < -0.4 is 15.8 Å². The van der Waals surface area contributed by atoms with E-state index >= 15 is 0 Å². The summed E-state index contributed by atoms with van der Waals surface area (Å²) in [6.07, 6.45) is 2.88. The average Bonchev–Trinajstić information content (AvgIpc) is 2.75. The minimum Gasteiger partial charge on any atom is -0.474 e. The molecule has 5 rings (SSSR count). The molecular formula is C25H28FN5O3. The lowest BCUT2D eigenvalue weighted by Gasteiger charge is -2.30. The van der Waals surface area contributed by atoms with Crippen molar-refractivity contribution in [3.05, 3.63) is 47.4 Å². The van der Waals surface area contributed by atoms with Crippen LogP contribution in [0.2, 0.25) is 0 Å². The molecule has 1 aliphatic heterocycles. The van der Waals surface area contributed by atoms with E-state index in [9.17, 15) is 9.18 Å². The van der Waals surface area contributed by atoms with Crippen LogP contribution in [0.1, 0.15) is 68.1 Å². The Labute approximate surface area is 197 Å². The molecule has 3 N–H and O–H groups in total. The first-order valence-electron chi connectivity index (χ1n) is 11.5. The molecule has 0 aromatic carbocycles. The van der Waals surface area contributed by atoms with Crippen molar-refractivity contribution < 1.29 is 18.7 Å². The Morgan fingerprint density at radius 1 is 1.15 bits per heavy atom. The number of aromatic nitrogens is 3. The molecule has 4 heterocycles. The normalized spacial score (nSPS) is 24.2. The number of rotatable bonds is 5. The second-order valence-electron chi connectivity index (χ2n) is 9.78. The zero-order valence-electron chi connectivity index (χ0n) is 19.6. The molecule has 1 fully saturated rings. The summed E-state index contributed by atoms with van der Waals surface area (Å²) in [5.74, 6) is 1.18. The highest BCUT2D eigenvalue weighted by Gasteiger charge is 2.33. The maximum absolute atomic E-state index is 13.3. The second-order valence-corrected chi connectivity index (χ2v) is 9.78. The van der Waals surface area contributed by atoms with Gasteiger partial charge in [-0.05, 0) is 49.9 Å². The SMILES string of the molecule is C[C@@H]1OC(=O)c2ccc(Nc3cc4c(C(C)(C)N)cnc(O[C@H]5C[C@@H](F)C5)c4cn3)nc2[C@H]1C. The van der Waals surface area contributed by atoms with Gasteiger partial charge in [-0.1, -0.05) is 6.92 Å². The molecule has 0 spiro atoms. The van der Waals surface area contributed by atoms with Gasteiger partial charge < -0.3 is 20.5 Å². The molecule has 0 saturated heterocycles. The third kappa shape index (κ3) is 4.04. The molecule has 0 bridgehead atoms. The first kappa shape index (κ1) is 22.5. The van der Waals surface area contributed by atoms with Gasteiger partial charge in [0, 0.05) is 36.7 Å². The van der Waals surface area contributed by atoms with E-state index in [2.05, 4.69) is 20.3 Å². The molecule has 178 valence electrons. The highest BCUT2D eigenvalue weighted by molar-refractivity contribution is 5.93.